The SMILES string of the molecule is CCOC.CN(CC(=O)c1ccc2c(c1)OCO2)C(=O)C1CSC1. The summed E-state index contributed by atoms with van der Waals surface area (Å²) in [6.45, 7) is 3.06. The molecule has 2 heterocycles. The van der Waals surface area contributed by atoms with E-state index in [9.17, 15) is 9.59 Å². The van der Waals surface area contributed by atoms with Crippen molar-refractivity contribution >= 4 is 23.5 Å². The highest BCUT2D eigenvalue weighted by Gasteiger charge is 2.29. The summed E-state index contributed by atoms with van der Waals surface area (Å²) in [6.07, 6.45) is 0. The molecule has 1 aromatic carbocycles. The van der Waals surface area contributed by atoms with Crippen LogP contribution in [0.1, 0.15) is 17.3 Å². The van der Waals surface area contributed by atoms with Gasteiger partial charge in [0.15, 0.2) is 17.3 Å². The number of hydrogen-bond donors (Lipinski definition) is 0. The van der Waals surface area contributed by atoms with Crippen molar-refractivity contribution in [1.29, 1.82) is 0 Å². The van der Waals surface area contributed by atoms with Gasteiger partial charge >= 0.3 is 0 Å². The van der Waals surface area contributed by atoms with Gasteiger partial charge in [-0.3, -0.25) is 9.59 Å². The fourth-order valence-electron chi connectivity index (χ4n) is 2.14. The van der Waals surface area contributed by atoms with E-state index in [-0.39, 0.29) is 30.9 Å². The molecule has 0 aliphatic carbocycles. The first-order valence-electron chi connectivity index (χ1n) is 7.81. The molecule has 2 aliphatic rings. The van der Waals surface area contributed by atoms with E-state index in [2.05, 4.69) is 4.74 Å². The van der Waals surface area contributed by atoms with Crippen molar-refractivity contribution in [2.75, 3.05) is 45.6 Å². The molecule has 1 fully saturated rings. The van der Waals surface area contributed by atoms with E-state index in [0.29, 0.717) is 17.1 Å². The quantitative estimate of drug-likeness (QED) is 0.755. The first kappa shape index (κ1) is 18.6. The largest absolute Gasteiger partial charge is 0.454 e. The minimum Gasteiger partial charge on any atom is -0.454 e. The average Bonchev–Trinajstić information content (AvgIpc) is 3.00. The second kappa shape index (κ2) is 8.94. The third-order valence-electron chi connectivity index (χ3n) is 3.73. The molecule has 3 rings (SSSR count). The Bertz CT molecular complexity index is 586. The van der Waals surface area contributed by atoms with Gasteiger partial charge in [-0.05, 0) is 25.1 Å². The zero-order valence-corrected chi connectivity index (χ0v) is 15.1. The second-order valence-electron chi connectivity index (χ2n) is 5.50. The van der Waals surface area contributed by atoms with Crippen molar-refractivity contribution in [2.24, 2.45) is 5.92 Å². The van der Waals surface area contributed by atoms with Crippen LogP contribution in [0.2, 0.25) is 0 Å². The summed E-state index contributed by atoms with van der Waals surface area (Å²) in [7, 11) is 3.36. The molecule has 2 aliphatic heterocycles. The second-order valence-corrected chi connectivity index (χ2v) is 6.57. The zero-order valence-electron chi connectivity index (χ0n) is 14.2. The molecule has 0 aromatic heterocycles. The number of fused-ring (bicyclic) bond motifs is 1. The maximum absolute atomic E-state index is 12.2. The van der Waals surface area contributed by atoms with Gasteiger partial charge in [-0.2, -0.15) is 11.8 Å². The van der Waals surface area contributed by atoms with E-state index < -0.39 is 0 Å². The highest BCUT2D eigenvalue weighted by Crippen LogP contribution is 2.32. The number of hydrogen-bond acceptors (Lipinski definition) is 6. The van der Waals surface area contributed by atoms with Gasteiger partial charge in [0.25, 0.3) is 0 Å². The van der Waals surface area contributed by atoms with Crippen LogP contribution >= 0.6 is 11.8 Å². The van der Waals surface area contributed by atoms with Gasteiger partial charge < -0.3 is 19.1 Å². The van der Waals surface area contributed by atoms with Gasteiger partial charge in [-0.25, -0.2) is 0 Å². The van der Waals surface area contributed by atoms with E-state index in [1.165, 1.54) is 4.90 Å². The van der Waals surface area contributed by atoms with Crippen LogP contribution in [0.15, 0.2) is 18.2 Å². The minimum absolute atomic E-state index is 0.0536. The Labute approximate surface area is 146 Å². The molecule has 0 atom stereocenters. The van der Waals surface area contributed by atoms with E-state index in [1.54, 1.807) is 44.1 Å². The number of ether oxygens (including phenoxy) is 3. The van der Waals surface area contributed by atoms with Crippen molar-refractivity contribution in [3.05, 3.63) is 23.8 Å². The molecular weight excluding hydrogens is 330 g/mol. The van der Waals surface area contributed by atoms with Crippen LogP contribution in [0.3, 0.4) is 0 Å². The minimum atomic E-state index is -0.0915. The first-order valence-corrected chi connectivity index (χ1v) is 8.96. The number of nitrogens with zero attached hydrogens (tertiary/aromatic N) is 1. The summed E-state index contributed by atoms with van der Waals surface area (Å²) >= 11 is 1.76. The Kier molecular flexibility index (Phi) is 6.93. The zero-order chi connectivity index (χ0) is 17.5. The van der Waals surface area contributed by atoms with E-state index in [1.807, 2.05) is 6.92 Å². The van der Waals surface area contributed by atoms with Gasteiger partial charge in [0.2, 0.25) is 12.7 Å². The summed E-state index contributed by atoms with van der Waals surface area (Å²) in [5, 5.41) is 0. The number of Topliss-reactive ketones (excluding diaryl/α,β-unsaturated/α-hetero) is 1. The van der Waals surface area contributed by atoms with Crippen LogP contribution in [0.5, 0.6) is 11.5 Å². The smallest absolute Gasteiger partial charge is 0.231 e. The van der Waals surface area contributed by atoms with Gasteiger partial charge in [-0.15, -0.1) is 0 Å². The molecule has 6 nitrogen and oxygen atoms in total. The summed E-state index contributed by atoms with van der Waals surface area (Å²) < 4.78 is 15.0. The summed E-state index contributed by atoms with van der Waals surface area (Å²) in [5.41, 5.74) is 0.539. The van der Waals surface area contributed by atoms with Gasteiger partial charge in [0.1, 0.15) is 0 Å². The number of methoxy groups -OCH3 is 1. The number of thioether (sulfide) groups is 1. The first-order chi connectivity index (χ1) is 11.6. The third-order valence-corrected chi connectivity index (χ3v) is 5.00. The normalized spacial score (nSPS) is 15.1. The van der Waals surface area contributed by atoms with Gasteiger partial charge in [0, 0.05) is 37.8 Å². The van der Waals surface area contributed by atoms with Crippen LogP contribution in [0.4, 0.5) is 0 Å². The lowest BCUT2D eigenvalue weighted by atomic mass is 10.1. The maximum Gasteiger partial charge on any atom is 0.231 e. The van der Waals surface area contributed by atoms with Crippen LogP contribution in [-0.2, 0) is 9.53 Å². The highest BCUT2D eigenvalue weighted by atomic mass is 32.2. The van der Waals surface area contributed by atoms with Crippen molar-refractivity contribution in [2.45, 2.75) is 6.92 Å². The Balaban J connectivity index is 0.000000471. The molecule has 7 heteroatoms. The molecule has 1 aromatic rings. The summed E-state index contributed by atoms with van der Waals surface area (Å²) in [4.78, 5) is 25.7. The topological polar surface area (TPSA) is 65.1 Å². The summed E-state index contributed by atoms with van der Waals surface area (Å²) in [6, 6.07) is 5.09. The maximum atomic E-state index is 12.2. The van der Waals surface area contributed by atoms with Crippen molar-refractivity contribution in [1.82, 2.24) is 4.90 Å². The molecule has 0 unspecified atom stereocenters. The average molecular weight is 353 g/mol. The van der Waals surface area contributed by atoms with Crippen LogP contribution in [-0.4, -0.2) is 62.2 Å². The van der Waals surface area contributed by atoms with E-state index in [0.717, 1.165) is 18.1 Å². The predicted octanol–water partition coefficient (Wildman–Crippen LogP) is 2.07. The predicted molar refractivity (Wildman–Crippen MR) is 92.9 cm³/mol. The molecule has 0 spiro atoms. The molecule has 132 valence electrons. The Morgan fingerprint density at radius 1 is 1.29 bits per heavy atom. The molecule has 1 amide bonds. The van der Waals surface area contributed by atoms with Gasteiger partial charge in [-0.1, -0.05) is 0 Å². The Morgan fingerprint density at radius 2 is 1.96 bits per heavy atom. The van der Waals surface area contributed by atoms with Gasteiger partial charge in [0.05, 0.1) is 12.5 Å². The van der Waals surface area contributed by atoms with E-state index in [4.69, 9.17) is 9.47 Å². The summed E-state index contributed by atoms with van der Waals surface area (Å²) in [5.74, 6) is 3.00. The fourth-order valence-corrected chi connectivity index (χ4v) is 2.90. The lowest BCUT2D eigenvalue weighted by Gasteiger charge is -2.28. The number of likely N-dealkylation sites (N-methyl/N-ethyl adjacent to an activating group) is 1. The molecule has 24 heavy (non-hydrogen) atoms. The Morgan fingerprint density at radius 3 is 2.54 bits per heavy atom. The van der Waals surface area contributed by atoms with Crippen molar-refractivity contribution in [3.63, 3.8) is 0 Å². The lowest BCUT2D eigenvalue weighted by Crippen LogP contribution is -2.41. The highest BCUT2D eigenvalue weighted by molar-refractivity contribution is 8.00. The van der Waals surface area contributed by atoms with Crippen LogP contribution in [0.25, 0.3) is 0 Å². The lowest BCUT2D eigenvalue weighted by molar-refractivity contribution is -0.132. The standard InChI is InChI=1S/C14H15NO4S.C3H8O/c1-15(14(17)10-6-20-7-10)5-11(16)9-2-3-12-13(4-9)19-8-18-12;1-3-4-2/h2-4,10H,5-8H2,1H3;3H2,1-2H3. The number of ketones is 1. The number of carbonyl (C=O) groups excluding carboxylic acids is 2. The van der Waals surface area contributed by atoms with Crippen molar-refractivity contribution in [3.8, 4) is 11.5 Å². The molecular formula is C17H23NO5S. The number of carbonyl (C=O) groups is 2. The monoisotopic (exact) mass is 353 g/mol. The van der Waals surface area contributed by atoms with E-state index >= 15 is 0 Å². The number of amides is 1. The molecule has 0 saturated carbocycles. The molecule has 0 radical (unpaired) electrons. The third kappa shape index (κ3) is 4.64. The molecule has 0 N–H and O–H groups in total. The fraction of sp³-hybridized carbons (Fsp3) is 0.529. The van der Waals surface area contributed by atoms with Crippen molar-refractivity contribution < 1.29 is 23.8 Å². The van der Waals surface area contributed by atoms with Crippen LogP contribution in [0, 0.1) is 5.92 Å². The number of rotatable bonds is 5. The number of benzene rings is 1. The molecule has 1 saturated heterocycles. The Hall–Kier alpha value is -1.73. The van der Waals surface area contributed by atoms with Crippen LogP contribution < -0.4 is 9.47 Å². The molecule has 0 bridgehead atoms.